The van der Waals surface area contributed by atoms with Crippen LogP contribution >= 0.6 is 24.0 Å². The Hall–Kier alpha value is -1.31. The highest BCUT2D eigenvalue weighted by molar-refractivity contribution is 14.0. The molecule has 0 aliphatic rings. The summed E-state index contributed by atoms with van der Waals surface area (Å²) < 4.78 is 0. The van der Waals surface area contributed by atoms with Crippen molar-refractivity contribution in [3.8, 4) is 0 Å². The van der Waals surface area contributed by atoms with Gasteiger partial charge in [0.2, 0.25) is 5.91 Å². The quantitative estimate of drug-likeness (QED) is 0.235. The van der Waals surface area contributed by atoms with Crippen LogP contribution in [0.4, 0.5) is 0 Å². The Labute approximate surface area is 175 Å². The summed E-state index contributed by atoms with van der Waals surface area (Å²) in [6.07, 6.45) is 2.06. The Kier molecular flexibility index (Phi) is 11.5. The number of nitrogens with one attached hydrogen (secondary N) is 3. The van der Waals surface area contributed by atoms with E-state index in [1.165, 1.54) is 11.1 Å². The van der Waals surface area contributed by atoms with Crippen LogP contribution in [-0.2, 0) is 11.2 Å². The van der Waals surface area contributed by atoms with Crippen molar-refractivity contribution in [2.45, 2.75) is 46.5 Å². The highest BCUT2D eigenvalue weighted by atomic mass is 127. The van der Waals surface area contributed by atoms with Crippen molar-refractivity contribution in [2.24, 2.45) is 10.4 Å². The normalized spacial score (nSPS) is 11.7. The number of aliphatic imine (C=N–C) groups is 1. The van der Waals surface area contributed by atoms with Gasteiger partial charge in [0.05, 0.1) is 5.41 Å². The lowest BCUT2D eigenvalue weighted by Crippen LogP contribution is -2.47. The number of guanidine groups is 1. The Balaban J connectivity index is 0.00000625. The third kappa shape index (κ3) is 8.38. The molecule has 0 saturated carbocycles. The van der Waals surface area contributed by atoms with Gasteiger partial charge in [0, 0.05) is 27.2 Å². The first-order valence-corrected chi connectivity index (χ1v) is 9.05. The van der Waals surface area contributed by atoms with E-state index in [9.17, 15) is 4.79 Å². The standard InChI is InChI=1S/C20H34N4O.HI/c1-15(2)17-11-9-16(10-12-17)8-7-13-23-19(22-6)24-14-20(3,4)18(25)21-5;/h9-12,15H,7-8,13-14H2,1-6H3,(H,21,25)(H2,22,23,24);1H. The van der Waals surface area contributed by atoms with Crippen molar-refractivity contribution in [1.82, 2.24) is 16.0 Å². The van der Waals surface area contributed by atoms with E-state index >= 15 is 0 Å². The molecule has 0 unspecified atom stereocenters. The predicted octanol–water partition coefficient (Wildman–Crippen LogP) is 3.30. The molecular weight excluding hydrogens is 439 g/mol. The summed E-state index contributed by atoms with van der Waals surface area (Å²) in [5.74, 6) is 1.32. The molecule has 3 N–H and O–H groups in total. The van der Waals surface area contributed by atoms with Crippen LogP contribution in [-0.4, -0.2) is 39.1 Å². The van der Waals surface area contributed by atoms with E-state index in [-0.39, 0.29) is 29.9 Å². The van der Waals surface area contributed by atoms with Crippen LogP contribution in [0, 0.1) is 5.41 Å². The highest BCUT2D eigenvalue weighted by Gasteiger charge is 2.26. The lowest BCUT2D eigenvalue weighted by molar-refractivity contribution is -0.128. The van der Waals surface area contributed by atoms with Gasteiger partial charge < -0.3 is 16.0 Å². The molecule has 0 aliphatic carbocycles. The Morgan fingerprint density at radius 1 is 1.15 bits per heavy atom. The smallest absolute Gasteiger partial charge is 0.227 e. The third-order valence-corrected chi connectivity index (χ3v) is 4.34. The Morgan fingerprint density at radius 2 is 1.77 bits per heavy atom. The highest BCUT2D eigenvalue weighted by Crippen LogP contribution is 2.15. The van der Waals surface area contributed by atoms with Gasteiger partial charge in [-0.15, -0.1) is 24.0 Å². The van der Waals surface area contributed by atoms with Crippen molar-refractivity contribution in [2.75, 3.05) is 27.2 Å². The second kappa shape index (κ2) is 12.1. The first-order chi connectivity index (χ1) is 11.8. The van der Waals surface area contributed by atoms with Crippen LogP contribution in [0.5, 0.6) is 0 Å². The number of carbonyl (C=O) groups is 1. The maximum Gasteiger partial charge on any atom is 0.227 e. The van der Waals surface area contributed by atoms with Gasteiger partial charge in [-0.1, -0.05) is 38.1 Å². The number of hydrogen-bond donors (Lipinski definition) is 3. The van der Waals surface area contributed by atoms with Gasteiger partial charge in [-0.25, -0.2) is 0 Å². The minimum Gasteiger partial charge on any atom is -0.359 e. The monoisotopic (exact) mass is 474 g/mol. The minimum atomic E-state index is -0.482. The molecule has 1 aromatic rings. The molecule has 0 aliphatic heterocycles. The van der Waals surface area contributed by atoms with Crippen LogP contribution in [0.15, 0.2) is 29.3 Å². The van der Waals surface area contributed by atoms with Gasteiger partial charge in [0.25, 0.3) is 0 Å². The molecule has 26 heavy (non-hydrogen) atoms. The number of aryl methyl sites for hydroxylation is 1. The molecule has 0 saturated heterocycles. The second-order valence-electron chi connectivity index (χ2n) is 7.32. The second-order valence-corrected chi connectivity index (χ2v) is 7.32. The van der Waals surface area contributed by atoms with Gasteiger partial charge in [-0.2, -0.15) is 0 Å². The molecular formula is C20H35IN4O. The fraction of sp³-hybridized carbons (Fsp3) is 0.600. The molecule has 0 bridgehead atoms. The molecule has 0 aromatic heterocycles. The van der Waals surface area contributed by atoms with Crippen molar-refractivity contribution in [3.63, 3.8) is 0 Å². The summed E-state index contributed by atoms with van der Waals surface area (Å²) in [5, 5.41) is 9.22. The molecule has 0 radical (unpaired) electrons. The number of rotatable bonds is 8. The fourth-order valence-corrected chi connectivity index (χ4v) is 2.51. The van der Waals surface area contributed by atoms with E-state index in [2.05, 4.69) is 59.1 Å². The maximum atomic E-state index is 11.8. The lowest BCUT2D eigenvalue weighted by Gasteiger charge is -2.24. The molecule has 0 heterocycles. The number of carbonyl (C=O) groups excluding carboxylic acids is 1. The number of hydrogen-bond acceptors (Lipinski definition) is 2. The van der Waals surface area contributed by atoms with E-state index in [1.54, 1.807) is 14.1 Å². The minimum absolute atomic E-state index is 0. The molecule has 1 rings (SSSR count). The largest absolute Gasteiger partial charge is 0.359 e. The molecule has 1 aromatic carbocycles. The van der Waals surface area contributed by atoms with Gasteiger partial charge >= 0.3 is 0 Å². The average molecular weight is 474 g/mol. The van der Waals surface area contributed by atoms with Crippen molar-refractivity contribution in [1.29, 1.82) is 0 Å². The Morgan fingerprint density at radius 3 is 2.27 bits per heavy atom. The van der Waals surface area contributed by atoms with Crippen molar-refractivity contribution in [3.05, 3.63) is 35.4 Å². The predicted molar refractivity (Wildman–Crippen MR) is 121 cm³/mol. The van der Waals surface area contributed by atoms with Gasteiger partial charge in [-0.05, 0) is 43.7 Å². The first-order valence-electron chi connectivity index (χ1n) is 9.05. The van der Waals surface area contributed by atoms with Crippen molar-refractivity contribution >= 4 is 35.8 Å². The Bertz CT molecular complexity index is 568. The summed E-state index contributed by atoms with van der Waals surface area (Å²) >= 11 is 0. The van der Waals surface area contributed by atoms with Gasteiger partial charge in [0.15, 0.2) is 5.96 Å². The van der Waals surface area contributed by atoms with Crippen molar-refractivity contribution < 1.29 is 4.79 Å². The number of nitrogens with zero attached hydrogens (tertiary/aromatic N) is 1. The first kappa shape index (κ1) is 24.7. The zero-order valence-electron chi connectivity index (χ0n) is 17.0. The summed E-state index contributed by atoms with van der Waals surface area (Å²) in [4.78, 5) is 16.0. The number of amides is 1. The van der Waals surface area contributed by atoms with Crippen LogP contribution in [0.1, 0.15) is 51.2 Å². The van der Waals surface area contributed by atoms with Crippen LogP contribution in [0.3, 0.4) is 0 Å². The molecule has 0 fully saturated rings. The molecule has 5 nitrogen and oxygen atoms in total. The summed E-state index contributed by atoms with van der Waals surface area (Å²) in [6, 6.07) is 8.87. The van der Waals surface area contributed by atoms with Crippen LogP contribution in [0.2, 0.25) is 0 Å². The number of halogens is 1. The van der Waals surface area contributed by atoms with E-state index in [0.29, 0.717) is 12.5 Å². The topological polar surface area (TPSA) is 65.5 Å². The van der Waals surface area contributed by atoms with E-state index in [4.69, 9.17) is 0 Å². The summed E-state index contributed by atoms with van der Waals surface area (Å²) in [5.41, 5.74) is 2.25. The SMILES string of the molecule is CN=C(NCCCc1ccc(C(C)C)cc1)NCC(C)(C)C(=O)NC.I. The van der Waals surface area contributed by atoms with Gasteiger partial charge in [0.1, 0.15) is 0 Å². The van der Waals surface area contributed by atoms with E-state index in [0.717, 1.165) is 25.3 Å². The average Bonchev–Trinajstić information content (AvgIpc) is 2.60. The summed E-state index contributed by atoms with van der Waals surface area (Å²) in [6.45, 7) is 9.61. The molecule has 6 heteroatoms. The fourth-order valence-electron chi connectivity index (χ4n) is 2.51. The summed E-state index contributed by atoms with van der Waals surface area (Å²) in [7, 11) is 3.40. The lowest BCUT2D eigenvalue weighted by atomic mass is 9.92. The molecule has 0 atom stereocenters. The molecule has 0 spiro atoms. The maximum absolute atomic E-state index is 11.8. The third-order valence-electron chi connectivity index (χ3n) is 4.34. The zero-order valence-corrected chi connectivity index (χ0v) is 19.3. The van der Waals surface area contributed by atoms with E-state index in [1.807, 2.05) is 13.8 Å². The zero-order chi connectivity index (χ0) is 18.9. The van der Waals surface area contributed by atoms with E-state index < -0.39 is 5.41 Å². The molecule has 148 valence electrons. The number of benzene rings is 1. The van der Waals surface area contributed by atoms with Crippen LogP contribution < -0.4 is 16.0 Å². The van der Waals surface area contributed by atoms with Gasteiger partial charge in [-0.3, -0.25) is 9.79 Å². The van der Waals surface area contributed by atoms with Crippen LogP contribution in [0.25, 0.3) is 0 Å². The molecule has 1 amide bonds.